The Balaban J connectivity index is 1.67. The number of rotatable bonds is 10. The number of aryl methyl sites for hydroxylation is 1. The third-order valence-electron chi connectivity index (χ3n) is 5.34. The molecule has 8 heteroatoms. The minimum Gasteiger partial charge on any atom is -0.330 e. The Hall–Kier alpha value is -3.62. The monoisotopic (exact) mass is 489 g/mol. The number of carbonyl (C=O) groups is 2. The van der Waals surface area contributed by atoms with E-state index >= 15 is 0 Å². The van der Waals surface area contributed by atoms with Crippen molar-refractivity contribution in [3.63, 3.8) is 0 Å². The van der Waals surface area contributed by atoms with Crippen LogP contribution < -0.4 is 16.4 Å². The molecule has 182 valence electrons. The first-order valence-corrected chi connectivity index (χ1v) is 12.5. The summed E-state index contributed by atoms with van der Waals surface area (Å²) in [6.07, 6.45) is 3.80. The van der Waals surface area contributed by atoms with Gasteiger partial charge in [0.2, 0.25) is 0 Å². The minimum absolute atomic E-state index is 0.148. The fraction of sp³-hybridized carbons (Fsp3) is 0.222. The zero-order chi connectivity index (χ0) is 25.2. The lowest BCUT2D eigenvalue weighted by molar-refractivity contribution is -0.112. The van der Waals surface area contributed by atoms with Crippen LogP contribution in [0.5, 0.6) is 0 Å². The lowest BCUT2D eigenvalue weighted by Crippen LogP contribution is -2.17. The van der Waals surface area contributed by atoms with E-state index < -0.39 is 0 Å². The van der Waals surface area contributed by atoms with Gasteiger partial charge in [0.1, 0.15) is 5.82 Å². The normalized spacial score (nSPS) is 11.9. The maximum absolute atomic E-state index is 12.9. The van der Waals surface area contributed by atoms with Crippen LogP contribution in [0.2, 0.25) is 0 Å². The van der Waals surface area contributed by atoms with Crippen molar-refractivity contribution in [3.05, 3.63) is 89.5 Å². The van der Waals surface area contributed by atoms with Crippen LogP contribution in [0.4, 0.5) is 11.5 Å². The summed E-state index contributed by atoms with van der Waals surface area (Å²) >= 11 is 1.71. The minimum atomic E-state index is -0.195. The number of nitrogens with one attached hydrogen (secondary N) is 2. The first-order chi connectivity index (χ1) is 17.0. The van der Waals surface area contributed by atoms with Crippen LogP contribution in [0.1, 0.15) is 24.2 Å². The van der Waals surface area contributed by atoms with E-state index in [1.807, 2.05) is 74.5 Å². The van der Waals surface area contributed by atoms with Gasteiger partial charge in [0, 0.05) is 53.6 Å². The molecule has 0 radical (unpaired) electrons. The number of amides is 2. The quantitative estimate of drug-likeness (QED) is 0.214. The molecule has 0 saturated heterocycles. The Kier molecular flexibility index (Phi) is 9.46. The Labute approximate surface area is 210 Å². The summed E-state index contributed by atoms with van der Waals surface area (Å²) in [6, 6.07) is 18.3. The van der Waals surface area contributed by atoms with Crippen LogP contribution in [0.15, 0.2) is 84.0 Å². The van der Waals surface area contributed by atoms with Gasteiger partial charge in [0.25, 0.3) is 11.8 Å². The molecule has 0 fully saturated rings. The number of carbonyl (C=O) groups excluding carboxylic acids is 2. The van der Waals surface area contributed by atoms with Gasteiger partial charge in [-0.05, 0) is 43.7 Å². The average Bonchev–Trinajstić information content (AvgIpc) is 3.24. The van der Waals surface area contributed by atoms with Crippen LogP contribution in [-0.4, -0.2) is 39.6 Å². The molecule has 3 rings (SSSR count). The van der Waals surface area contributed by atoms with E-state index in [4.69, 9.17) is 5.73 Å². The number of nitrogens with two attached hydrogens (primary N) is 1. The Bertz CT molecular complexity index is 1210. The summed E-state index contributed by atoms with van der Waals surface area (Å²) in [5.74, 6) is 1.84. The molecule has 0 atom stereocenters. The van der Waals surface area contributed by atoms with Gasteiger partial charge < -0.3 is 16.4 Å². The summed E-state index contributed by atoms with van der Waals surface area (Å²) < 4.78 is 1.63. The highest BCUT2D eigenvalue weighted by Gasteiger charge is 2.15. The topological polar surface area (TPSA) is 102 Å². The Morgan fingerprint density at radius 1 is 1.03 bits per heavy atom. The van der Waals surface area contributed by atoms with Gasteiger partial charge in [0.05, 0.1) is 5.69 Å². The van der Waals surface area contributed by atoms with Gasteiger partial charge in [-0.25, -0.2) is 0 Å². The number of hydrogen-bond acceptors (Lipinski definition) is 5. The smallest absolute Gasteiger partial charge is 0.256 e. The maximum Gasteiger partial charge on any atom is 0.256 e. The molecule has 0 bridgehead atoms. The summed E-state index contributed by atoms with van der Waals surface area (Å²) in [4.78, 5) is 25.4. The second kappa shape index (κ2) is 12.7. The van der Waals surface area contributed by atoms with Crippen molar-refractivity contribution in [2.45, 2.75) is 13.8 Å². The molecule has 2 aromatic carbocycles. The van der Waals surface area contributed by atoms with Gasteiger partial charge in [-0.3, -0.25) is 14.3 Å². The molecule has 1 heterocycles. The Morgan fingerprint density at radius 3 is 2.37 bits per heavy atom. The predicted octanol–water partition coefficient (Wildman–Crippen LogP) is 4.86. The van der Waals surface area contributed by atoms with E-state index in [2.05, 4.69) is 15.7 Å². The van der Waals surface area contributed by atoms with Crippen LogP contribution in [0, 0.1) is 0 Å². The molecular formula is C27H31N5O2S. The van der Waals surface area contributed by atoms with Crippen molar-refractivity contribution >= 4 is 35.1 Å². The third-order valence-corrected chi connectivity index (χ3v) is 6.38. The van der Waals surface area contributed by atoms with Gasteiger partial charge >= 0.3 is 0 Å². The van der Waals surface area contributed by atoms with E-state index in [1.54, 1.807) is 35.6 Å². The summed E-state index contributed by atoms with van der Waals surface area (Å²) in [5, 5.41) is 10.4. The Morgan fingerprint density at radius 2 is 1.74 bits per heavy atom. The molecule has 7 nitrogen and oxygen atoms in total. The summed E-state index contributed by atoms with van der Waals surface area (Å²) in [7, 11) is 1.78. The van der Waals surface area contributed by atoms with Crippen LogP contribution in [-0.2, 0) is 11.8 Å². The second-order valence-electron chi connectivity index (χ2n) is 7.75. The van der Waals surface area contributed by atoms with Crippen molar-refractivity contribution in [2.24, 2.45) is 12.8 Å². The van der Waals surface area contributed by atoms with Gasteiger partial charge in [-0.15, -0.1) is 0 Å². The van der Waals surface area contributed by atoms with E-state index in [1.165, 1.54) is 0 Å². The van der Waals surface area contributed by atoms with E-state index in [-0.39, 0.29) is 11.8 Å². The molecule has 35 heavy (non-hydrogen) atoms. The lowest BCUT2D eigenvalue weighted by Gasteiger charge is -2.12. The first-order valence-electron chi connectivity index (χ1n) is 11.4. The molecule has 0 unspecified atom stereocenters. The fourth-order valence-electron chi connectivity index (χ4n) is 3.47. The highest BCUT2D eigenvalue weighted by Crippen LogP contribution is 2.24. The van der Waals surface area contributed by atoms with Crippen LogP contribution >= 0.6 is 11.8 Å². The molecule has 0 aliphatic carbocycles. The maximum atomic E-state index is 12.9. The number of thioether (sulfide) groups is 1. The number of nitrogens with zero attached hydrogens (tertiary/aromatic N) is 2. The van der Waals surface area contributed by atoms with E-state index in [9.17, 15) is 9.59 Å². The highest BCUT2D eigenvalue weighted by molar-refractivity contribution is 7.99. The molecule has 3 aromatic rings. The zero-order valence-electron chi connectivity index (χ0n) is 20.2. The standard InChI is InChI=1S/C27H31N5O2S/c1-4-19(18-35-16-15-28)23(5-2)27(34)29-22-13-11-20(12-14-22)24-17-25(32(3)31-24)30-26(33)21-9-7-6-8-10-21/h4-14,17H,15-16,18,28H2,1-3H3,(H,29,34)(H,30,33)/b19-4-,23-5+. The number of benzene rings is 2. The molecule has 0 aliphatic heterocycles. The number of aromatic nitrogens is 2. The van der Waals surface area contributed by atoms with Crippen molar-refractivity contribution in [1.82, 2.24) is 9.78 Å². The van der Waals surface area contributed by atoms with Crippen molar-refractivity contribution in [3.8, 4) is 11.3 Å². The predicted molar refractivity (Wildman–Crippen MR) is 146 cm³/mol. The lowest BCUT2D eigenvalue weighted by atomic mass is 10.1. The van der Waals surface area contributed by atoms with Crippen molar-refractivity contribution in [1.29, 1.82) is 0 Å². The highest BCUT2D eigenvalue weighted by atomic mass is 32.2. The summed E-state index contributed by atoms with van der Waals surface area (Å²) in [6.45, 7) is 4.42. The van der Waals surface area contributed by atoms with Crippen molar-refractivity contribution in [2.75, 3.05) is 28.7 Å². The molecule has 0 saturated carbocycles. The average molecular weight is 490 g/mol. The van der Waals surface area contributed by atoms with Gasteiger partial charge in [-0.1, -0.05) is 42.5 Å². The zero-order valence-corrected chi connectivity index (χ0v) is 21.1. The molecule has 0 aliphatic rings. The third kappa shape index (κ3) is 6.94. The van der Waals surface area contributed by atoms with Crippen molar-refractivity contribution < 1.29 is 9.59 Å². The molecule has 2 amide bonds. The SMILES string of the molecule is C/C=C(CSCCN)\C(=C/C)C(=O)Nc1ccc(-c2cc(NC(=O)c3ccccc3)n(C)n2)cc1. The van der Waals surface area contributed by atoms with Gasteiger partial charge in [0.15, 0.2) is 0 Å². The number of hydrogen-bond donors (Lipinski definition) is 3. The number of anilines is 2. The van der Waals surface area contributed by atoms with E-state index in [0.717, 1.165) is 28.3 Å². The first kappa shape index (κ1) is 26.0. The van der Waals surface area contributed by atoms with Crippen LogP contribution in [0.25, 0.3) is 11.3 Å². The van der Waals surface area contributed by atoms with E-state index in [0.29, 0.717) is 29.2 Å². The summed E-state index contributed by atoms with van der Waals surface area (Å²) in [5.41, 5.74) is 10.1. The molecule has 1 aromatic heterocycles. The number of allylic oxidation sites excluding steroid dienone is 2. The fourth-order valence-corrected chi connectivity index (χ4v) is 4.32. The molecular weight excluding hydrogens is 458 g/mol. The molecule has 4 N–H and O–H groups in total. The van der Waals surface area contributed by atoms with Gasteiger partial charge in [-0.2, -0.15) is 16.9 Å². The largest absolute Gasteiger partial charge is 0.330 e. The molecule has 0 spiro atoms. The second-order valence-corrected chi connectivity index (χ2v) is 8.85. The van der Waals surface area contributed by atoms with Crippen LogP contribution in [0.3, 0.4) is 0 Å².